The number of nitrogens with zero attached hydrogens (tertiary/aromatic N) is 2. The van der Waals surface area contributed by atoms with E-state index < -0.39 is 5.60 Å². The van der Waals surface area contributed by atoms with Gasteiger partial charge in [-0.15, -0.1) is 11.3 Å². The number of hydrogen-bond acceptors (Lipinski definition) is 4. The number of amides is 1. The van der Waals surface area contributed by atoms with Crippen molar-refractivity contribution in [1.82, 2.24) is 9.88 Å². The van der Waals surface area contributed by atoms with E-state index in [1.165, 1.54) is 0 Å². The number of hydrogen-bond donors (Lipinski definition) is 0. The normalized spacial score (nSPS) is 14.6. The van der Waals surface area contributed by atoms with E-state index in [2.05, 4.69) is 12.1 Å². The van der Waals surface area contributed by atoms with Gasteiger partial charge in [-0.1, -0.05) is 30.3 Å². The molecule has 1 aliphatic heterocycles. The Kier molecular flexibility index (Phi) is 3.91. The molecule has 0 bridgehead atoms. The summed E-state index contributed by atoms with van der Waals surface area (Å²) in [6.07, 6.45) is 0.547. The number of ether oxygens (including phenoxy) is 1. The standard InChI is InChI=1S/C17H20N2O2S/c1-17(2,3)21-16(20)19-10-9-13-14(11-19)22-15(18-13)12-7-5-4-6-8-12/h4-8H,9-11H2,1-3H3. The van der Waals surface area contributed by atoms with Crippen molar-refractivity contribution in [3.8, 4) is 10.6 Å². The molecule has 0 spiro atoms. The summed E-state index contributed by atoms with van der Waals surface area (Å²) in [6.45, 7) is 6.93. The largest absolute Gasteiger partial charge is 0.444 e. The van der Waals surface area contributed by atoms with E-state index in [4.69, 9.17) is 9.72 Å². The Hall–Kier alpha value is -1.88. The molecule has 1 amide bonds. The molecule has 0 saturated carbocycles. The molecule has 0 N–H and O–H groups in total. The number of carbonyl (C=O) groups excluding carboxylic acids is 1. The Bertz CT molecular complexity index is 674. The van der Waals surface area contributed by atoms with Crippen molar-refractivity contribution in [3.05, 3.63) is 40.9 Å². The van der Waals surface area contributed by atoms with Gasteiger partial charge in [0.2, 0.25) is 0 Å². The lowest BCUT2D eigenvalue weighted by atomic mass is 10.2. The van der Waals surface area contributed by atoms with E-state index in [0.717, 1.165) is 27.6 Å². The Balaban J connectivity index is 1.77. The van der Waals surface area contributed by atoms with Gasteiger partial charge in [-0.05, 0) is 20.8 Å². The van der Waals surface area contributed by atoms with Crippen molar-refractivity contribution in [2.45, 2.75) is 39.3 Å². The van der Waals surface area contributed by atoms with Crippen molar-refractivity contribution >= 4 is 17.4 Å². The maximum absolute atomic E-state index is 12.2. The molecule has 2 heterocycles. The van der Waals surface area contributed by atoms with Gasteiger partial charge in [-0.3, -0.25) is 0 Å². The third-order valence-corrected chi connectivity index (χ3v) is 4.54. The van der Waals surface area contributed by atoms with E-state index >= 15 is 0 Å². The van der Waals surface area contributed by atoms with E-state index in [-0.39, 0.29) is 6.09 Å². The fourth-order valence-corrected chi connectivity index (χ4v) is 3.51. The molecule has 4 nitrogen and oxygen atoms in total. The maximum Gasteiger partial charge on any atom is 0.410 e. The summed E-state index contributed by atoms with van der Waals surface area (Å²) in [6, 6.07) is 10.2. The molecule has 2 aromatic rings. The average molecular weight is 316 g/mol. The zero-order chi connectivity index (χ0) is 15.7. The topological polar surface area (TPSA) is 42.4 Å². The molecule has 1 aromatic heterocycles. The fourth-order valence-electron chi connectivity index (χ4n) is 2.38. The van der Waals surface area contributed by atoms with E-state index in [1.54, 1.807) is 16.2 Å². The minimum Gasteiger partial charge on any atom is -0.444 e. The quantitative estimate of drug-likeness (QED) is 0.795. The van der Waals surface area contributed by atoms with Gasteiger partial charge in [0.1, 0.15) is 10.6 Å². The van der Waals surface area contributed by atoms with E-state index in [9.17, 15) is 4.79 Å². The second-order valence-corrected chi connectivity index (χ2v) is 7.49. The van der Waals surface area contributed by atoms with Crippen molar-refractivity contribution in [1.29, 1.82) is 0 Å². The van der Waals surface area contributed by atoms with Crippen LogP contribution >= 0.6 is 11.3 Å². The maximum atomic E-state index is 12.2. The first-order chi connectivity index (χ1) is 10.4. The van der Waals surface area contributed by atoms with Crippen molar-refractivity contribution in [2.24, 2.45) is 0 Å². The first-order valence-corrected chi connectivity index (χ1v) is 8.26. The summed E-state index contributed by atoms with van der Waals surface area (Å²) < 4.78 is 5.45. The Morgan fingerprint density at radius 3 is 2.68 bits per heavy atom. The third-order valence-electron chi connectivity index (χ3n) is 3.40. The summed E-state index contributed by atoms with van der Waals surface area (Å²) in [7, 11) is 0. The minimum absolute atomic E-state index is 0.243. The third kappa shape index (κ3) is 3.30. The van der Waals surface area contributed by atoms with Gasteiger partial charge in [0, 0.05) is 23.4 Å². The van der Waals surface area contributed by atoms with E-state index in [0.29, 0.717) is 13.1 Å². The molecule has 1 aliphatic rings. The molecule has 5 heteroatoms. The van der Waals surface area contributed by atoms with Crippen LogP contribution in [0.1, 0.15) is 31.3 Å². The highest BCUT2D eigenvalue weighted by Crippen LogP contribution is 2.31. The predicted octanol–water partition coefficient (Wildman–Crippen LogP) is 4.10. The van der Waals surface area contributed by atoms with Gasteiger partial charge >= 0.3 is 6.09 Å². The highest BCUT2D eigenvalue weighted by atomic mass is 32.1. The molecule has 3 rings (SSSR count). The Morgan fingerprint density at radius 1 is 1.27 bits per heavy atom. The number of fused-ring (bicyclic) bond motifs is 1. The van der Waals surface area contributed by atoms with Crippen LogP contribution in [0.15, 0.2) is 30.3 Å². The number of rotatable bonds is 1. The first kappa shape index (κ1) is 15.0. The zero-order valence-corrected chi connectivity index (χ0v) is 13.9. The van der Waals surface area contributed by atoms with Gasteiger partial charge < -0.3 is 9.64 Å². The van der Waals surface area contributed by atoms with Gasteiger partial charge in [0.25, 0.3) is 0 Å². The Morgan fingerprint density at radius 2 is 2.00 bits per heavy atom. The molecule has 0 saturated heterocycles. The molecule has 0 atom stereocenters. The van der Waals surface area contributed by atoms with Gasteiger partial charge in [-0.25, -0.2) is 9.78 Å². The van der Waals surface area contributed by atoms with Crippen LogP contribution in [-0.2, 0) is 17.7 Å². The summed E-state index contributed by atoms with van der Waals surface area (Å²) in [5, 5.41) is 1.02. The molecular weight excluding hydrogens is 296 g/mol. The van der Waals surface area contributed by atoms with Crippen LogP contribution in [0.25, 0.3) is 10.6 Å². The van der Waals surface area contributed by atoms with Crippen LogP contribution in [0.3, 0.4) is 0 Å². The summed E-state index contributed by atoms with van der Waals surface area (Å²) >= 11 is 1.67. The van der Waals surface area contributed by atoms with Crippen molar-refractivity contribution < 1.29 is 9.53 Å². The Labute approximate surface area is 134 Å². The van der Waals surface area contributed by atoms with Crippen LogP contribution in [-0.4, -0.2) is 28.1 Å². The number of benzene rings is 1. The minimum atomic E-state index is -0.458. The number of carbonyl (C=O) groups is 1. The highest BCUT2D eigenvalue weighted by Gasteiger charge is 2.27. The average Bonchev–Trinajstić information content (AvgIpc) is 2.89. The van der Waals surface area contributed by atoms with Crippen LogP contribution in [0, 0.1) is 0 Å². The molecule has 116 valence electrons. The first-order valence-electron chi connectivity index (χ1n) is 7.44. The molecule has 0 fully saturated rings. The number of thiazole rings is 1. The number of aromatic nitrogens is 1. The van der Waals surface area contributed by atoms with Crippen LogP contribution < -0.4 is 0 Å². The molecule has 0 aliphatic carbocycles. The van der Waals surface area contributed by atoms with Gasteiger partial charge in [0.15, 0.2) is 0 Å². The second-order valence-electron chi connectivity index (χ2n) is 6.41. The lowest BCUT2D eigenvalue weighted by Crippen LogP contribution is -2.39. The predicted molar refractivity (Wildman–Crippen MR) is 87.9 cm³/mol. The smallest absolute Gasteiger partial charge is 0.410 e. The lowest BCUT2D eigenvalue weighted by molar-refractivity contribution is 0.0225. The van der Waals surface area contributed by atoms with Crippen molar-refractivity contribution in [2.75, 3.05) is 6.54 Å². The molecule has 0 unspecified atom stereocenters. The fraction of sp³-hybridized carbons (Fsp3) is 0.412. The van der Waals surface area contributed by atoms with Crippen LogP contribution in [0.2, 0.25) is 0 Å². The highest BCUT2D eigenvalue weighted by molar-refractivity contribution is 7.15. The van der Waals surface area contributed by atoms with Crippen LogP contribution in [0.4, 0.5) is 4.79 Å². The van der Waals surface area contributed by atoms with Gasteiger partial charge in [0.05, 0.1) is 12.2 Å². The monoisotopic (exact) mass is 316 g/mol. The van der Waals surface area contributed by atoms with Crippen molar-refractivity contribution in [3.63, 3.8) is 0 Å². The summed E-state index contributed by atoms with van der Waals surface area (Å²) in [5.74, 6) is 0. The SMILES string of the molecule is CC(C)(C)OC(=O)N1CCc2nc(-c3ccccc3)sc2C1. The molecule has 1 aromatic carbocycles. The molecular formula is C17H20N2O2S. The van der Waals surface area contributed by atoms with Gasteiger partial charge in [-0.2, -0.15) is 0 Å². The lowest BCUT2D eigenvalue weighted by Gasteiger charge is -2.29. The van der Waals surface area contributed by atoms with E-state index in [1.807, 2.05) is 39.0 Å². The molecule has 0 radical (unpaired) electrons. The molecule has 22 heavy (non-hydrogen) atoms. The zero-order valence-electron chi connectivity index (χ0n) is 13.1. The van der Waals surface area contributed by atoms with Crippen LogP contribution in [0.5, 0.6) is 0 Å². The second kappa shape index (κ2) is 5.72. The summed E-state index contributed by atoms with van der Waals surface area (Å²) in [4.78, 5) is 19.8. The summed E-state index contributed by atoms with van der Waals surface area (Å²) in [5.41, 5.74) is 1.79.